The van der Waals surface area contributed by atoms with Crippen molar-refractivity contribution in [3.05, 3.63) is 143 Å². The first-order valence-corrected chi connectivity index (χ1v) is 24.5. The Morgan fingerprint density at radius 2 is 1.11 bits per heavy atom. The number of aliphatic carboxylic acids is 1. The van der Waals surface area contributed by atoms with Crippen LogP contribution in [0.5, 0.6) is 34.5 Å². The summed E-state index contributed by atoms with van der Waals surface area (Å²) in [6, 6.07) is 11.6. The van der Waals surface area contributed by atoms with Gasteiger partial charge in [0.25, 0.3) is 20.0 Å². The van der Waals surface area contributed by atoms with Crippen LogP contribution in [0.15, 0.2) is 101 Å². The number of halogens is 13. The van der Waals surface area contributed by atoms with Crippen molar-refractivity contribution in [1.82, 2.24) is 18.7 Å². The third-order valence-corrected chi connectivity index (χ3v) is 13.9. The fourth-order valence-electron chi connectivity index (χ4n) is 5.95. The summed E-state index contributed by atoms with van der Waals surface area (Å²) in [7, 11) is -6.52. The Hall–Kier alpha value is -7.52. The lowest BCUT2D eigenvalue weighted by molar-refractivity contribution is -0.192. The molecule has 408 valence electrons. The molecule has 2 N–H and O–H groups in total. The van der Waals surface area contributed by atoms with Gasteiger partial charge in [0, 0.05) is 59.0 Å². The number of carbonyl (C=O) groups is 1. The smallest absolute Gasteiger partial charge is 0.490 e. The molecule has 0 unspecified atom stereocenters. The summed E-state index contributed by atoms with van der Waals surface area (Å²) in [4.78, 5) is 14.3. The number of anilines is 2. The van der Waals surface area contributed by atoms with Crippen LogP contribution in [-0.2, 0) is 43.7 Å². The first-order valence-electron chi connectivity index (χ1n) is 20.0. The molecule has 0 saturated heterocycles. The van der Waals surface area contributed by atoms with Gasteiger partial charge in [-0.3, -0.25) is 4.72 Å². The van der Waals surface area contributed by atoms with Crippen molar-refractivity contribution in [3.63, 3.8) is 0 Å². The van der Waals surface area contributed by atoms with Crippen molar-refractivity contribution in [2.45, 2.75) is 48.7 Å². The monoisotopic (exact) mass is 1170 g/mol. The largest absolute Gasteiger partial charge is 0.497 e. The van der Waals surface area contributed by atoms with Crippen LogP contribution >= 0.6 is 23.1 Å². The number of hydrogen-bond acceptors (Lipinski definition) is 15. The molecule has 7 rings (SSSR count). The Morgan fingerprint density at radius 1 is 0.618 bits per heavy atom. The minimum Gasteiger partial charge on any atom is -0.497 e. The number of nitrogens with one attached hydrogen (secondary N) is 1. The first kappa shape index (κ1) is 59.4. The minimum atomic E-state index is -5.08. The van der Waals surface area contributed by atoms with Crippen LogP contribution in [0.25, 0.3) is 0 Å². The van der Waals surface area contributed by atoms with Crippen LogP contribution in [0.1, 0.15) is 27.8 Å². The van der Waals surface area contributed by atoms with Gasteiger partial charge in [-0.1, -0.05) is 0 Å². The summed E-state index contributed by atoms with van der Waals surface area (Å²) in [5.41, 5.74) is -1.40. The Morgan fingerprint density at radius 3 is 1.54 bits per heavy atom. The van der Waals surface area contributed by atoms with Gasteiger partial charge in [-0.15, -0.1) is 0 Å². The topological polar surface area (TPSA) is 209 Å². The van der Waals surface area contributed by atoms with E-state index in [1.54, 1.807) is 6.07 Å². The summed E-state index contributed by atoms with van der Waals surface area (Å²) in [5.74, 6) is -9.85. The zero-order valence-electron chi connectivity index (χ0n) is 38.3. The molecule has 0 aliphatic rings. The van der Waals surface area contributed by atoms with Gasteiger partial charge in [-0.2, -0.15) is 48.3 Å². The molecule has 0 spiro atoms. The Kier molecular flexibility index (Phi) is 18.4. The number of nitrogens with zero attached hydrogens (tertiary/aromatic N) is 5. The fraction of sp³-hybridized carbons (Fsp3) is 0.186. The Balaban J connectivity index is 0.000000259. The van der Waals surface area contributed by atoms with Crippen LogP contribution in [0.3, 0.4) is 0 Å². The molecule has 0 aliphatic carbocycles. The van der Waals surface area contributed by atoms with E-state index < -0.39 is 118 Å². The van der Waals surface area contributed by atoms with E-state index in [4.69, 9.17) is 28.8 Å². The number of sulfonamides is 2. The van der Waals surface area contributed by atoms with Crippen molar-refractivity contribution in [2.24, 2.45) is 0 Å². The van der Waals surface area contributed by atoms with Crippen LogP contribution in [-0.4, -0.2) is 67.0 Å². The maximum Gasteiger partial charge on any atom is 0.490 e. The molecular formula is C43H31F13N6O10S4. The predicted molar refractivity (Wildman–Crippen MR) is 242 cm³/mol. The third-order valence-electron chi connectivity index (χ3n) is 9.24. The predicted octanol–water partition coefficient (Wildman–Crippen LogP) is 11.7. The molecule has 0 bridgehead atoms. The lowest BCUT2D eigenvalue weighted by Crippen LogP contribution is -2.31. The van der Waals surface area contributed by atoms with Crippen molar-refractivity contribution in [2.75, 3.05) is 23.2 Å². The van der Waals surface area contributed by atoms with Crippen molar-refractivity contribution in [1.29, 1.82) is 0 Å². The van der Waals surface area contributed by atoms with Gasteiger partial charge in [0.05, 0.1) is 31.9 Å². The van der Waals surface area contributed by atoms with E-state index in [1.165, 1.54) is 52.3 Å². The van der Waals surface area contributed by atoms with Gasteiger partial charge in [0.15, 0.2) is 23.1 Å². The number of methoxy groups -OCH3 is 2. The van der Waals surface area contributed by atoms with E-state index in [0.717, 1.165) is 29.1 Å². The molecule has 7 aromatic rings. The highest BCUT2D eigenvalue weighted by Gasteiger charge is 2.38. The highest BCUT2D eigenvalue weighted by atomic mass is 32.2. The molecule has 16 nitrogen and oxygen atoms in total. The highest BCUT2D eigenvalue weighted by molar-refractivity contribution is 7.93. The number of carboxylic acids is 1. The number of rotatable bonds is 14. The zero-order valence-corrected chi connectivity index (χ0v) is 41.5. The standard InChI is InChI=1S/C25H20F5N3O5S2.C16H10F5N3O3S2.C2HF3O2/c1-14-6-16(25(28,29)30)8-18(7-14)38-22-10-20(27)23(11-19(22)26)40(34,35)33(24-31-13-32-39-24)12-15-4-5-17(36-2)9-21(15)37-3;1-8-2-9(16(19,20)21)4-10(3-8)27-13-5-12(18)14(6-11(13)17)29(25,26)24-15-22-7-23-28-15;3-2(4,5)1(6)7/h4-11,13H,12H2,1-3H3;2-7H,1H3,(H,22,23,24);(H,6,7). The van der Waals surface area contributed by atoms with Crippen molar-refractivity contribution >= 4 is 59.3 Å². The fourth-order valence-corrected chi connectivity index (χ4v) is 9.88. The number of hydrogen-bond donors (Lipinski definition) is 2. The second-order valence-electron chi connectivity index (χ2n) is 14.8. The third kappa shape index (κ3) is 15.3. The second kappa shape index (κ2) is 23.6. The molecule has 0 fully saturated rings. The Bertz CT molecular complexity index is 3420. The summed E-state index contributed by atoms with van der Waals surface area (Å²) in [6.07, 6.45) is -12.3. The first-order chi connectivity index (χ1) is 35.2. The van der Waals surface area contributed by atoms with Gasteiger partial charge < -0.3 is 24.1 Å². The molecule has 0 saturated carbocycles. The summed E-state index contributed by atoms with van der Waals surface area (Å²) < 4.78 is 251. The van der Waals surface area contributed by atoms with Gasteiger partial charge in [-0.05, 0) is 73.5 Å². The molecule has 33 heteroatoms. The van der Waals surface area contributed by atoms with Gasteiger partial charge >= 0.3 is 24.5 Å². The number of benzene rings is 5. The van der Waals surface area contributed by atoms with E-state index in [9.17, 15) is 65.1 Å². The van der Waals surface area contributed by atoms with Crippen LogP contribution in [0.4, 0.5) is 67.3 Å². The molecule has 0 amide bonds. The van der Waals surface area contributed by atoms with Crippen molar-refractivity contribution < 1.29 is 103 Å². The molecule has 0 aliphatic heterocycles. The summed E-state index contributed by atoms with van der Waals surface area (Å²) in [5, 5.41) is 6.82. The van der Waals surface area contributed by atoms with Gasteiger partial charge in [0.2, 0.25) is 10.3 Å². The molecule has 2 heterocycles. The van der Waals surface area contributed by atoms with Crippen LogP contribution in [0.2, 0.25) is 0 Å². The van der Waals surface area contributed by atoms with E-state index in [-0.39, 0.29) is 27.1 Å². The lowest BCUT2D eigenvalue weighted by Gasteiger charge is -2.23. The highest BCUT2D eigenvalue weighted by Crippen LogP contribution is 2.39. The zero-order chi connectivity index (χ0) is 56.7. The van der Waals surface area contributed by atoms with E-state index in [0.29, 0.717) is 70.8 Å². The average Bonchev–Trinajstić information content (AvgIpc) is 4.05. The van der Waals surface area contributed by atoms with Gasteiger partial charge in [0.1, 0.15) is 57.1 Å². The van der Waals surface area contributed by atoms with Gasteiger partial charge in [-0.25, -0.2) is 53.5 Å². The lowest BCUT2D eigenvalue weighted by atomic mass is 10.1. The van der Waals surface area contributed by atoms with Crippen LogP contribution < -0.4 is 28.0 Å². The number of ether oxygens (including phenoxy) is 4. The molecular weight excluding hydrogens is 1140 g/mol. The molecule has 0 atom stereocenters. The quantitative estimate of drug-likeness (QED) is 0.0971. The van der Waals surface area contributed by atoms with E-state index in [2.05, 4.69) is 18.7 Å². The maximum atomic E-state index is 15.3. The number of aryl methyl sites for hydroxylation is 2. The minimum absolute atomic E-state index is 0.141. The van der Waals surface area contributed by atoms with Crippen LogP contribution in [0, 0.1) is 37.1 Å². The number of carboxylic acid groups (broad SMARTS) is 1. The summed E-state index contributed by atoms with van der Waals surface area (Å²) in [6.45, 7) is 2.34. The Labute approximate surface area is 428 Å². The maximum absolute atomic E-state index is 15.3. The van der Waals surface area contributed by atoms with E-state index in [1.807, 2.05) is 4.72 Å². The number of alkyl halides is 9. The summed E-state index contributed by atoms with van der Waals surface area (Å²) >= 11 is 1.38. The number of aromatic nitrogens is 4. The molecule has 2 aromatic heterocycles. The second-order valence-corrected chi connectivity index (χ2v) is 19.8. The van der Waals surface area contributed by atoms with E-state index >= 15 is 8.78 Å². The van der Waals surface area contributed by atoms with Crippen molar-refractivity contribution in [3.8, 4) is 34.5 Å². The SMILES string of the molecule is COc1ccc(CN(c2ncns2)S(=O)(=O)c2cc(F)c(Oc3cc(C)cc(C(F)(F)F)c3)cc2F)c(OC)c1.Cc1cc(Oc2cc(F)c(S(=O)(=O)Nc3ncns3)cc2F)cc(C(F)(F)F)c1.O=C(O)C(F)(F)F. The molecule has 0 radical (unpaired) electrons. The normalized spacial score (nSPS) is 11.9. The average molecular weight is 1170 g/mol. The molecule has 76 heavy (non-hydrogen) atoms. The molecule has 5 aromatic carbocycles.